The van der Waals surface area contributed by atoms with E-state index in [0.717, 1.165) is 25.8 Å². The SMILES string of the molecule is COC(=O)[C@H]1CCCCN1CC(=O)NC(C)C. The van der Waals surface area contributed by atoms with Crippen LogP contribution in [0.3, 0.4) is 0 Å². The molecule has 1 atom stereocenters. The molecule has 0 aromatic carbocycles. The average molecular weight is 242 g/mol. The molecule has 5 nitrogen and oxygen atoms in total. The number of amides is 1. The van der Waals surface area contributed by atoms with Crippen molar-refractivity contribution in [2.75, 3.05) is 20.2 Å². The van der Waals surface area contributed by atoms with E-state index in [9.17, 15) is 9.59 Å². The Bertz CT molecular complexity index is 279. The van der Waals surface area contributed by atoms with Crippen molar-refractivity contribution in [3.05, 3.63) is 0 Å². The van der Waals surface area contributed by atoms with Crippen molar-refractivity contribution < 1.29 is 14.3 Å². The fraction of sp³-hybridized carbons (Fsp3) is 0.833. The topological polar surface area (TPSA) is 58.6 Å². The highest BCUT2D eigenvalue weighted by Gasteiger charge is 2.30. The maximum Gasteiger partial charge on any atom is 0.323 e. The van der Waals surface area contributed by atoms with E-state index in [0.29, 0.717) is 0 Å². The van der Waals surface area contributed by atoms with E-state index < -0.39 is 0 Å². The zero-order valence-corrected chi connectivity index (χ0v) is 10.9. The van der Waals surface area contributed by atoms with Crippen LogP contribution in [0.5, 0.6) is 0 Å². The molecule has 17 heavy (non-hydrogen) atoms. The number of nitrogens with one attached hydrogen (secondary N) is 1. The molecule has 0 aromatic rings. The lowest BCUT2D eigenvalue weighted by Gasteiger charge is -2.33. The van der Waals surface area contributed by atoms with E-state index in [1.54, 1.807) is 0 Å². The molecule has 0 aromatic heterocycles. The first kappa shape index (κ1) is 14.0. The number of carbonyl (C=O) groups excluding carboxylic acids is 2. The Balaban J connectivity index is 2.53. The van der Waals surface area contributed by atoms with Crippen LogP contribution in [0.25, 0.3) is 0 Å². The highest BCUT2D eigenvalue weighted by molar-refractivity contribution is 5.80. The van der Waals surface area contributed by atoms with Gasteiger partial charge in [-0.15, -0.1) is 0 Å². The molecule has 0 spiro atoms. The zero-order valence-electron chi connectivity index (χ0n) is 10.9. The number of carbonyl (C=O) groups is 2. The van der Waals surface area contributed by atoms with Crippen molar-refractivity contribution in [2.24, 2.45) is 0 Å². The minimum absolute atomic E-state index is 0.0317. The second-order valence-electron chi connectivity index (χ2n) is 4.73. The fourth-order valence-corrected chi connectivity index (χ4v) is 2.14. The Hall–Kier alpha value is -1.10. The molecular weight excluding hydrogens is 220 g/mol. The predicted octanol–water partition coefficient (Wildman–Crippen LogP) is 0.539. The number of likely N-dealkylation sites (tertiary alicyclic amines) is 1. The van der Waals surface area contributed by atoms with Crippen LogP contribution in [0.15, 0.2) is 0 Å². The smallest absolute Gasteiger partial charge is 0.323 e. The first-order valence-electron chi connectivity index (χ1n) is 6.16. The minimum atomic E-state index is -0.258. The van der Waals surface area contributed by atoms with Crippen LogP contribution in [-0.2, 0) is 14.3 Å². The van der Waals surface area contributed by atoms with Gasteiger partial charge in [0.1, 0.15) is 6.04 Å². The summed E-state index contributed by atoms with van der Waals surface area (Å²) in [6.07, 6.45) is 2.83. The van der Waals surface area contributed by atoms with E-state index >= 15 is 0 Å². The van der Waals surface area contributed by atoms with Gasteiger partial charge in [-0.25, -0.2) is 0 Å². The lowest BCUT2D eigenvalue weighted by atomic mass is 10.0. The molecule has 1 rings (SSSR count). The minimum Gasteiger partial charge on any atom is -0.468 e. The van der Waals surface area contributed by atoms with Gasteiger partial charge in [0.05, 0.1) is 13.7 Å². The normalized spacial score (nSPS) is 21.3. The summed E-state index contributed by atoms with van der Waals surface area (Å²) in [5, 5.41) is 2.83. The Labute approximate surface area is 102 Å². The van der Waals surface area contributed by atoms with Crippen LogP contribution in [0.2, 0.25) is 0 Å². The van der Waals surface area contributed by atoms with E-state index in [2.05, 4.69) is 5.32 Å². The van der Waals surface area contributed by atoms with Gasteiger partial charge in [0, 0.05) is 6.04 Å². The number of hydrogen-bond acceptors (Lipinski definition) is 4. The van der Waals surface area contributed by atoms with Crippen LogP contribution in [0.1, 0.15) is 33.1 Å². The lowest BCUT2D eigenvalue weighted by molar-refractivity contribution is -0.148. The summed E-state index contributed by atoms with van der Waals surface area (Å²) in [5.41, 5.74) is 0. The maximum atomic E-state index is 11.7. The highest BCUT2D eigenvalue weighted by Crippen LogP contribution is 2.17. The highest BCUT2D eigenvalue weighted by atomic mass is 16.5. The van der Waals surface area contributed by atoms with Gasteiger partial charge in [0.25, 0.3) is 0 Å². The molecule has 1 N–H and O–H groups in total. The largest absolute Gasteiger partial charge is 0.468 e. The average Bonchev–Trinajstić information content (AvgIpc) is 2.27. The van der Waals surface area contributed by atoms with Gasteiger partial charge in [0.2, 0.25) is 5.91 Å². The molecule has 98 valence electrons. The molecule has 0 radical (unpaired) electrons. The summed E-state index contributed by atoms with van der Waals surface area (Å²) in [7, 11) is 1.39. The molecule has 0 unspecified atom stereocenters. The number of piperidine rings is 1. The standard InChI is InChI=1S/C12H22N2O3/c1-9(2)13-11(15)8-14-7-5-4-6-10(14)12(16)17-3/h9-10H,4-8H2,1-3H3,(H,13,15)/t10-/m1/s1. The third-order valence-electron chi connectivity index (χ3n) is 2.88. The van der Waals surface area contributed by atoms with Crippen molar-refractivity contribution in [3.8, 4) is 0 Å². The number of hydrogen-bond donors (Lipinski definition) is 1. The third kappa shape index (κ3) is 4.34. The van der Waals surface area contributed by atoms with Crippen LogP contribution in [-0.4, -0.2) is 49.1 Å². The molecular formula is C12H22N2O3. The van der Waals surface area contributed by atoms with Gasteiger partial charge in [-0.05, 0) is 33.2 Å². The van der Waals surface area contributed by atoms with Crippen LogP contribution in [0, 0.1) is 0 Å². The van der Waals surface area contributed by atoms with Crippen molar-refractivity contribution >= 4 is 11.9 Å². The van der Waals surface area contributed by atoms with E-state index in [1.807, 2.05) is 18.7 Å². The van der Waals surface area contributed by atoms with Gasteiger partial charge in [0.15, 0.2) is 0 Å². The van der Waals surface area contributed by atoms with Gasteiger partial charge in [-0.3, -0.25) is 14.5 Å². The lowest BCUT2D eigenvalue weighted by Crippen LogP contribution is -2.50. The Morgan fingerprint density at radius 2 is 2.12 bits per heavy atom. The molecule has 0 bridgehead atoms. The Morgan fingerprint density at radius 1 is 1.41 bits per heavy atom. The number of rotatable bonds is 4. The monoisotopic (exact) mass is 242 g/mol. The second kappa shape index (κ2) is 6.59. The van der Waals surface area contributed by atoms with Crippen molar-refractivity contribution in [3.63, 3.8) is 0 Å². The van der Waals surface area contributed by atoms with Crippen molar-refractivity contribution in [1.82, 2.24) is 10.2 Å². The molecule has 1 fully saturated rings. The van der Waals surface area contributed by atoms with E-state index in [-0.39, 0.29) is 30.5 Å². The Kier molecular flexibility index (Phi) is 5.41. The zero-order chi connectivity index (χ0) is 12.8. The molecule has 1 amide bonds. The molecule has 0 saturated carbocycles. The van der Waals surface area contributed by atoms with Gasteiger partial charge >= 0.3 is 5.97 Å². The number of esters is 1. The second-order valence-corrected chi connectivity index (χ2v) is 4.73. The van der Waals surface area contributed by atoms with Gasteiger partial charge in [-0.2, -0.15) is 0 Å². The van der Waals surface area contributed by atoms with Crippen LogP contribution >= 0.6 is 0 Å². The van der Waals surface area contributed by atoms with E-state index in [1.165, 1.54) is 7.11 Å². The summed E-state index contributed by atoms with van der Waals surface area (Å²) in [5.74, 6) is -0.266. The summed E-state index contributed by atoms with van der Waals surface area (Å²) >= 11 is 0. The number of nitrogens with zero attached hydrogens (tertiary/aromatic N) is 1. The maximum absolute atomic E-state index is 11.7. The fourth-order valence-electron chi connectivity index (χ4n) is 2.14. The molecule has 5 heteroatoms. The molecule has 0 aliphatic carbocycles. The van der Waals surface area contributed by atoms with E-state index in [4.69, 9.17) is 4.74 Å². The summed E-state index contributed by atoms with van der Waals surface area (Å²) < 4.78 is 4.77. The molecule has 1 saturated heterocycles. The van der Waals surface area contributed by atoms with Crippen LogP contribution in [0.4, 0.5) is 0 Å². The first-order valence-corrected chi connectivity index (χ1v) is 6.16. The van der Waals surface area contributed by atoms with Crippen molar-refractivity contribution in [1.29, 1.82) is 0 Å². The van der Waals surface area contributed by atoms with Crippen molar-refractivity contribution in [2.45, 2.75) is 45.2 Å². The summed E-state index contributed by atoms with van der Waals surface area (Å²) in [4.78, 5) is 25.2. The summed E-state index contributed by atoms with van der Waals surface area (Å²) in [6.45, 7) is 4.90. The number of ether oxygens (including phenoxy) is 1. The molecule has 1 aliphatic heterocycles. The first-order chi connectivity index (χ1) is 8.04. The molecule has 1 heterocycles. The predicted molar refractivity (Wildman–Crippen MR) is 64.5 cm³/mol. The Morgan fingerprint density at radius 3 is 2.71 bits per heavy atom. The third-order valence-corrected chi connectivity index (χ3v) is 2.88. The van der Waals surface area contributed by atoms with Gasteiger partial charge < -0.3 is 10.1 Å². The summed E-state index contributed by atoms with van der Waals surface area (Å²) in [6, 6.07) is -0.129. The molecule has 1 aliphatic rings. The quantitative estimate of drug-likeness (QED) is 0.731. The van der Waals surface area contributed by atoms with Crippen LogP contribution < -0.4 is 5.32 Å². The number of methoxy groups -OCH3 is 1. The van der Waals surface area contributed by atoms with Gasteiger partial charge in [-0.1, -0.05) is 6.42 Å².